The molecule has 13 atom stereocenters. The molecule has 1 amide bonds. The number of fused-ring (bicyclic) bond motifs is 5. The third-order valence-corrected chi connectivity index (χ3v) is 12.1. The van der Waals surface area contributed by atoms with Crippen molar-refractivity contribution in [2.45, 2.75) is 142 Å². The van der Waals surface area contributed by atoms with Crippen LogP contribution in [0.3, 0.4) is 0 Å². The summed E-state index contributed by atoms with van der Waals surface area (Å²) in [5.74, 6) is -4.85. The number of esters is 1. The fourth-order valence-corrected chi connectivity index (χ4v) is 8.81. The lowest BCUT2D eigenvalue weighted by molar-refractivity contribution is -0.296. The molecule has 17 heteroatoms. The molecule has 0 aliphatic carbocycles. The number of cyclic esters (lactones) is 1. The van der Waals surface area contributed by atoms with Gasteiger partial charge in [-0.3, -0.25) is 19.4 Å². The van der Waals surface area contributed by atoms with Gasteiger partial charge in [0.1, 0.15) is 41.7 Å². The number of hydrogen-bond acceptors (Lipinski definition) is 16. The molecular weight excluding hydrogens is 778 g/mol. The molecule has 0 spiro atoms. The Balaban J connectivity index is 1.63. The Morgan fingerprint density at radius 3 is 2.42 bits per heavy atom. The number of hydrogen-bond donors (Lipinski definition) is 2. The van der Waals surface area contributed by atoms with E-state index in [1.807, 2.05) is 38.9 Å². The third kappa shape index (κ3) is 10.7. The van der Waals surface area contributed by atoms with Crippen LogP contribution in [-0.4, -0.2) is 136 Å². The van der Waals surface area contributed by atoms with E-state index >= 15 is 0 Å². The Morgan fingerprint density at radius 2 is 1.80 bits per heavy atom. The number of pyridine rings is 1. The average molecular weight is 842 g/mol. The predicted molar refractivity (Wildman–Crippen MR) is 219 cm³/mol. The second-order valence-corrected chi connectivity index (χ2v) is 17.2. The highest BCUT2D eigenvalue weighted by atomic mass is 16.7. The van der Waals surface area contributed by atoms with Crippen LogP contribution in [0.1, 0.15) is 87.1 Å². The van der Waals surface area contributed by atoms with Gasteiger partial charge in [-0.1, -0.05) is 44.1 Å². The van der Waals surface area contributed by atoms with Gasteiger partial charge in [0.2, 0.25) is 5.91 Å². The molecule has 332 valence electrons. The van der Waals surface area contributed by atoms with Gasteiger partial charge < -0.3 is 48.2 Å². The lowest BCUT2D eigenvalue weighted by atomic mass is 9.73. The minimum absolute atomic E-state index is 0.0274. The molecule has 5 heterocycles. The number of carbonyl (C=O) groups excluding carboxylic acids is 3. The summed E-state index contributed by atoms with van der Waals surface area (Å²) in [4.78, 5) is 57.9. The first-order valence-corrected chi connectivity index (χ1v) is 20.8. The van der Waals surface area contributed by atoms with Gasteiger partial charge in [0.05, 0.1) is 43.3 Å². The summed E-state index contributed by atoms with van der Waals surface area (Å²) in [6.45, 7) is 14.7. The van der Waals surface area contributed by atoms with Crippen molar-refractivity contribution in [3.05, 3.63) is 36.2 Å². The van der Waals surface area contributed by atoms with E-state index < -0.39 is 83.2 Å². The third-order valence-electron chi connectivity index (χ3n) is 12.1. The minimum atomic E-state index is -1.86. The molecule has 0 aromatic carbocycles. The predicted octanol–water partition coefficient (Wildman–Crippen LogP) is 4.17. The summed E-state index contributed by atoms with van der Waals surface area (Å²) < 4.78 is 37.6. The number of oxime groups is 1. The van der Waals surface area contributed by atoms with Crippen molar-refractivity contribution in [1.82, 2.24) is 15.0 Å². The van der Waals surface area contributed by atoms with Gasteiger partial charge >= 0.3 is 5.97 Å². The molecule has 0 radical (unpaired) electrons. The second kappa shape index (κ2) is 19.8. The minimum Gasteiger partial charge on any atom is -0.459 e. The number of carbonyl (C=O) groups is 3. The number of aliphatic hydroxyl groups excluding tert-OH is 1. The molecule has 3 saturated heterocycles. The molecule has 3 aliphatic heterocycles. The lowest BCUT2D eigenvalue weighted by Crippen LogP contribution is -2.60. The van der Waals surface area contributed by atoms with E-state index in [0.717, 1.165) is 0 Å². The van der Waals surface area contributed by atoms with Crippen molar-refractivity contribution in [1.29, 1.82) is 0 Å². The molecule has 2 aromatic rings. The van der Waals surface area contributed by atoms with Crippen molar-refractivity contribution < 1.29 is 57.6 Å². The maximum absolute atomic E-state index is 14.5. The summed E-state index contributed by atoms with van der Waals surface area (Å²) in [6, 6.07) is 4.96. The normalized spacial score (nSPS) is 37.6. The number of aliphatic hydroxyl groups is 2. The van der Waals surface area contributed by atoms with Crippen molar-refractivity contribution in [3.63, 3.8) is 0 Å². The number of amides is 1. The van der Waals surface area contributed by atoms with Crippen LogP contribution in [0.15, 0.2) is 45.3 Å². The monoisotopic (exact) mass is 841 g/mol. The fourth-order valence-electron chi connectivity index (χ4n) is 8.81. The Morgan fingerprint density at radius 1 is 1.07 bits per heavy atom. The maximum atomic E-state index is 14.5. The molecular formula is C43H63N5O12. The number of nitrogens with zero attached hydrogens (tertiary/aromatic N) is 5. The van der Waals surface area contributed by atoms with Crippen molar-refractivity contribution in [2.75, 3.05) is 27.3 Å². The van der Waals surface area contributed by atoms with Crippen LogP contribution >= 0.6 is 0 Å². The van der Waals surface area contributed by atoms with Gasteiger partial charge in [0.15, 0.2) is 17.8 Å². The van der Waals surface area contributed by atoms with Gasteiger partial charge in [-0.05, 0) is 73.0 Å². The Labute approximate surface area is 352 Å². The highest BCUT2D eigenvalue weighted by Crippen LogP contribution is 2.40. The largest absolute Gasteiger partial charge is 0.459 e. The zero-order valence-electron chi connectivity index (χ0n) is 36.7. The van der Waals surface area contributed by atoms with Gasteiger partial charge in [-0.25, -0.2) is 4.99 Å². The van der Waals surface area contributed by atoms with E-state index in [4.69, 9.17) is 33.0 Å². The maximum Gasteiger partial charge on any atom is 0.316 e. The number of Topliss-reactive ketones (excluding diaryl/α,β-unsaturated/α-hetero) is 1. The second-order valence-electron chi connectivity index (χ2n) is 17.2. The van der Waals surface area contributed by atoms with Crippen LogP contribution in [0, 0.1) is 23.7 Å². The van der Waals surface area contributed by atoms with Crippen molar-refractivity contribution in [3.8, 4) is 11.5 Å². The number of rotatable bonds is 8. The number of ether oxygens (including phenoxy) is 5. The van der Waals surface area contributed by atoms with E-state index in [9.17, 15) is 24.6 Å². The molecule has 2 aromatic heterocycles. The fraction of sp³-hybridized carbons (Fsp3) is 0.698. The van der Waals surface area contributed by atoms with E-state index in [2.05, 4.69) is 20.3 Å². The Bertz CT molecular complexity index is 1830. The molecule has 2 N–H and O–H groups in total. The van der Waals surface area contributed by atoms with Crippen LogP contribution < -0.4 is 0 Å². The summed E-state index contributed by atoms with van der Waals surface area (Å²) >= 11 is 0. The van der Waals surface area contributed by atoms with Crippen LogP contribution in [-0.2, 0) is 49.5 Å². The SMILES string of the molecule is CC[C@H]1OC(=O)[C@H](C)C(=O)[C@H](C)[C@@H](O[C@@H]2O[C@H](C)C[C@H](N(C)C)[C@H]2O)[C@@]2(C)C[C@@H](C)C(=NC(C)=O)[C@H](C)[C@@H](OC/C(=N\OCc3ccc(-c4ccno4)nc3)CO2)[C@]1(C)O. The van der Waals surface area contributed by atoms with Gasteiger partial charge in [0, 0.05) is 48.3 Å². The first-order chi connectivity index (χ1) is 28.3. The summed E-state index contributed by atoms with van der Waals surface area (Å²) in [6.07, 6.45) is -2.02. The van der Waals surface area contributed by atoms with Crippen LogP contribution in [0.4, 0.5) is 0 Å². The van der Waals surface area contributed by atoms with Crippen LogP contribution in [0.25, 0.3) is 11.5 Å². The van der Waals surface area contributed by atoms with Crippen molar-refractivity contribution >= 4 is 29.1 Å². The quantitative estimate of drug-likeness (QED) is 0.217. The molecule has 2 bridgehead atoms. The Hall–Kier alpha value is -3.97. The lowest BCUT2D eigenvalue weighted by Gasteiger charge is -2.47. The molecule has 3 fully saturated rings. The molecule has 3 aliphatic rings. The zero-order valence-corrected chi connectivity index (χ0v) is 36.7. The van der Waals surface area contributed by atoms with E-state index in [0.29, 0.717) is 29.2 Å². The highest BCUT2D eigenvalue weighted by molar-refractivity contribution is 6.00. The summed E-state index contributed by atoms with van der Waals surface area (Å²) in [5, 5.41) is 32.3. The summed E-state index contributed by atoms with van der Waals surface area (Å²) in [5.41, 5.74) is -1.29. The van der Waals surface area contributed by atoms with Gasteiger partial charge in [-0.2, -0.15) is 0 Å². The van der Waals surface area contributed by atoms with Gasteiger partial charge in [-0.15, -0.1) is 0 Å². The molecule has 0 saturated carbocycles. The first kappa shape index (κ1) is 47.1. The summed E-state index contributed by atoms with van der Waals surface area (Å²) in [7, 11) is 3.72. The number of ketones is 1. The first-order valence-electron chi connectivity index (χ1n) is 20.8. The molecule has 5 rings (SSSR count). The van der Waals surface area contributed by atoms with Gasteiger partial charge in [0.25, 0.3) is 0 Å². The van der Waals surface area contributed by atoms with Crippen LogP contribution in [0.5, 0.6) is 0 Å². The average Bonchev–Trinajstić information content (AvgIpc) is 3.74. The smallest absolute Gasteiger partial charge is 0.316 e. The highest BCUT2D eigenvalue weighted by Gasteiger charge is 2.53. The van der Waals surface area contributed by atoms with E-state index in [1.54, 1.807) is 46.0 Å². The van der Waals surface area contributed by atoms with Crippen LogP contribution in [0.2, 0.25) is 0 Å². The van der Waals surface area contributed by atoms with E-state index in [-0.39, 0.29) is 50.5 Å². The molecule has 0 unspecified atom stereocenters. The zero-order chi connectivity index (χ0) is 44.1. The number of aromatic nitrogens is 2. The standard InChI is InChI=1S/C43H63N5O12/c1-12-34-43(9,53)39-25(4)35(46-28(7)49)23(2)18-42(8,55-22-30(21-54-39)47-56-20-29-13-14-31(44-19-29)33-15-16-45-60-33)38(26(5)36(50)27(6)40(52)58-34)59-41-37(51)32(48(10)11)17-24(3)57-41/h13-16,19,23-27,32,34,37-39,41,51,53H,12,17-18,20-22H2,1-11H3/b46-35?,47-30+/t23-,24-,25+,26+,27-,32+,34-,37-,38-,39-,41+,42-,43-/m1/s1. The van der Waals surface area contributed by atoms with E-state index in [1.165, 1.54) is 27.0 Å². The van der Waals surface area contributed by atoms with Crippen molar-refractivity contribution in [2.24, 2.45) is 33.8 Å². The number of likely N-dealkylation sites (N-methyl/N-ethyl adjacent to an activating group) is 1. The Kier molecular flexibility index (Phi) is 15.6. The topological polar surface area (TPSA) is 214 Å². The number of aliphatic imine (C=N–C) groups is 1. The molecule has 17 nitrogen and oxygen atoms in total. The molecule has 60 heavy (non-hydrogen) atoms.